The van der Waals surface area contributed by atoms with Crippen LogP contribution in [0.4, 0.5) is 8.78 Å². The average Bonchev–Trinajstić information content (AvgIpc) is 2.34. The number of hydrogen-bond donors (Lipinski definition) is 1. The summed E-state index contributed by atoms with van der Waals surface area (Å²) in [6, 6.07) is 11.0. The number of hydrogen-bond acceptors (Lipinski definition) is 2. The highest BCUT2D eigenvalue weighted by Crippen LogP contribution is 2.31. The first-order valence-electron chi connectivity index (χ1n) is 5.11. The molecule has 2 N–H and O–H groups in total. The average molecular weight is 251 g/mol. The molecule has 0 spiro atoms. The molecular formula is C13H11F2NS. The van der Waals surface area contributed by atoms with Crippen LogP contribution < -0.4 is 5.73 Å². The third-order valence-corrected chi connectivity index (χ3v) is 3.39. The Morgan fingerprint density at radius 3 is 2.29 bits per heavy atom. The van der Waals surface area contributed by atoms with Crippen molar-refractivity contribution in [3.05, 3.63) is 59.7 Å². The van der Waals surface area contributed by atoms with Crippen LogP contribution in [0.25, 0.3) is 0 Å². The van der Waals surface area contributed by atoms with Crippen molar-refractivity contribution < 1.29 is 8.78 Å². The molecule has 88 valence electrons. The van der Waals surface area contributed by atoms with E-state index >= 15 is 0 Å². The first-order chi connectivity index (χ1) is 8.20. The van der Waals surface area contributed by atoms with Gasteiger partial charge in [-0.25, -0.2) is 8.78 Å². The highest BCUT2D eigenvalue weighted by atomic mass is 32.2. The van der Waals surface area contributed by atoms with E-state index in [9.17, 15) is 8.78 Å². The highest BCUT2D eigenvalue weighted by Gasteiger charge is 2.08. The molecule has 0 atom stereocenters. The van der Waals surface area contributed by atoms with Gasteiger partial charge in [-0.15, -0.1) is 0 Å². The topological polar surface area (TPSA) is 26.0 Å². The van der Waals surface area contributed by atoms with E-state index in [1.165, 1.54) is 12.1 Å². The molecule has 17 heavy (non-hydrogen) atoms. The first-order valence-corrected chi connectivity index (χ1v) is 5.93. The lowest BCUT2D eigenvalue weighted by Gasteiger charge is -2.05. The number of halogens is 2. The molecule has 0 radical (unpaired) electrons. The van der Waals surface area contributed by atoms with Gasteiger partial charge in [-0.1, -0.05) is 30.0 Å². The van der Waals surface area contributed by atoms with Crippen molar-refractivity contribution in [3.8, 4) is 0 Å². The summed E-state index contributed by atoms with van der Waals surface area (Å²) in [7, 11) is 0. The summed E-state index contributed by atoms with van der Waals surface area (Å²) in [4.78, 5) is 0.805. The second-order valence-electron chi connectivity index (χ2n) is 3.50. The Labute approximate surface area is 103 Å². The van der Waals surface area contributed by atoms with Crippen molar-refractivity contribution in [2.75, 3.05) is 0 Å². The van der Waals surface area contributed by atoms with E-state index in [2.05, 4.69) is 0 Å². The van der Waals surface area contributed by atoms with E-state index < -0.39 is 0 Å². The Morgan fingerprint density at radius 2 is 1.65 bits per heavy atom. The Kier molecular flexibility index (Phi) is 3.76. The molecule has 0 heterocycles. The van der Waals surface area contributed by atoms with E-state index in [4.69, 9.17) is 5.73 Å². The second kappa shape index (κ2) is 5.29. The Morgan fingerprint density at radius 1 is 0.941 bits per heavy atom. The molecule has 4 heteroatoms. The van der Waals surface area contributed by atoms with Crippen LogP contribution >= 0.6 is 11.8 Å². The van der Waals surface area contributed by atoms with Crippen LogP contribution in [0.2, 0.25) is 0 Å². The van der Waals surface area contributed by atoms with Gasteiger partial charge in [0, 0.05) is 16.3 Å². The summed E-state index contributed by atoms with van der Waals surface area (Å²) in [6.07, 6.45) is 0. The zero-order valence-corrected chi connectivity index (χ0v) is 9.81. The van der Waals surface area contributed by atoms with Crippen molar-refractivity contribution in [2.45, 2.75) is 16.3 Å². The van der Waals surface area contributed by atoms with Gasteiger partial charge in [-0.3, -0.25) is 0 Å². The summed E-state index contributed by atoms with van der Waals surface area (Å²) >= 11 is 1.07. The summed E-state index contributed by atoms with van der Waals surface area (Å²) in [5.74, 6) is -0.721. The molecule has 2 aromatic carbocycles. The van der Waals surface area contributed by atoms with Gasteiger partial charge in [0.05, 0.1) is 0 Å². The quantitative estimate of drug-likeness (QED) is 0.902. The Bertz CT molecular complexity index is 529. The fourth-order valence-corrected chi connectivity index (χ4v) is 2.24. The summed E-state index contributed by atoms with van der Waals surface area (Å²) in [5.41, 5.74) is 6.13. The van der Waals surface area contributed by atoms with Gasteiger partial charge in [0.1, 0.15) is 11.6 Å². The molecule has 0 aromatic heterocycles. The minimum absolute atomic E-state index is 0.293. The van der Waals surface area contributed by atoms with Crippen LogP contribution in [0.1, 0.15) is 5.56 Å². The fraction of sp³-hybridized carbons (Fsp3) is 0.0769. The highest BCUT2D eigenvalue weighted by molar-refractivity contribution is 7.99. The van der Waals surface area contributed by atoms with E-state index in [1.807, 2.05) is 0 Å². The van der Waals surface area contributed by atoms with Crippen LogP contribution in [-0.4, -0.2) is 0 Å². The van der Waals surface area contributed by atoms with E-state index in [1.54, 1.807) is 30.3 Å². The molecule has 0 fully saturated rings. The third-order valence-electron chi connectivity index (χ3n) is 2.29. The molecule has 0 saturated carbocycles. The molecule has 0 saturated heterocycles. The van der Waals surface area contributed by atoms with Crippen LogP contribution in [0.3, 0.4) is 0 Å². The van der Waals surface area contributed by atoms with Crippen LogP contribution in [0.5, 0.6) is 0 Å². The number of rotatable bonds is 3. The van der Waals surface area contributed by atoms with Crippen molar-refractivity contribution in [1.82, 2.24) is 0 Å². The molecule has 0 aliphatic rings. The fourth-order valence-electron chi connectivity index (χ4n) is 1.40. The predicted octanol–water partition coefficient (Wildman–Crippen LogP) is 3.57. The van der Waals surface area contributed by atoms with Gasteiger partial charge in [-0.2, -0.15) is 0 Å². The molecule has 2 aromatic rings. The van der Waals surface area contributed by atoms with E-state index in [0.29, 0.717) is 16.3 Å². The van der Waals surface area contributed by atoms with Gasteiger partial charge in [0.15, 0.2) is 0 Å². The largest absolute Gasteiger partial charge is 0.326 e. The molecule has 0 aliphatic carbocycles. The molecular weight excluding hydrogens is 240 g/mol. The summed E-state index contributed by atoms with van der Waals surface area (Å²) in [6.45, 7) is 0.293. The van der Waals surface area contributed by atoms with Gasteiger partial charge in [0.2, 0.25) is 0 Å². The lowest BCUT2D eigenvalue weighted by molar-refractivity contribution is 0.594. The summed E-state index contributed by atoms with van der Waals surface area (Å²) in [5, 5.41) is 0. The minimum atomic E-state index is -0.374. The van der Waals surface area contributed by atoms with E-state index in [-0.39, 0.29) is 11.6 Å². The molecule has 0 aliphatic heterocycles. The SMILES string of the molecule is NCc1ccc(Sc2ccccc2F)c(F)c1. The number of nitrogens with two attached hydrogens (primary N) is 1. The maximum atomic E-state index is 13.7. The van der Waals surface area contributed by atoms with Crippen LogP contribution in [0, 0.1) is 11.6 Å². The maximum Gasteiger partial charge on any atom is 0.137 e. The molecule has 2 rings (SSSR count). The predicted molar refractivity (Wildman–Crippen MR) is 64.8 cm³/mol. The normalized spacial score (nSPS) is 10.5. The van der Waals surface area contributed by atoms with Crippen LogP contribution in [-0.2, 0) is 6.54 Å². The smallest absolute Gasteiger partial charge is 0.137 e. The van der Waals surface area contributed by atoms with Gasteiger partial charge in [0.25, 0.3) is 0 Å². The van der Waals surface area contributed by atoms with Gasteiger partial charge >= 0.3 is 0 Å². The van der Waals surface area contributed by atoms with Crippen molar-refractivity contribution in [3.63, 3.8) is 0 Å². The van der Waals surface area contributed by atoms with Crippen molar-refractivity contribution in [2.24, 2.45) is 5.73 Å². The lowest BCUT2D eigenvalue weighted by Crippen LogP contribution is -1.97. The number of benzene rings is 2. The zero-order valence-electron chi connectivity index (χ0n) is 8.99. The Hall–Kier alpha value is -1.39. The molecule has 0 bridgehead atoms. The zero-order chi connectivity index (χ0) is 12.3. The van der Waals surface area contributed by atoms with Gasteiger partial charge < -0.3 is 5.73 Å². The summed E-state index contributed by atoms with van der Waals surface area (Å²) < 4.78 is 27.0. The second-order valence-corrected chi connectivity index (χ2v) is 4.59. The third kappa shape index (κ3) is 2.84. The van der Waals surface area contributed by atoms with Crippen molar-refractivity contribution >= 4 is 11.8 Å². The standard InChI is InChI=1S/C13H11F2NS/c14-10-3-1-2-4-12(10)17-13-6-5-9(8-16)7-11(13)15/h1-7H,8,16H2. The van der Waals surface area contributed by atoms with Crippen LogP contribution in [0.15, 0.2) is 52.3 Å². The molecule has 0 unspecified atom stereocenters. The Balaban J connectivity index is 2.28. The van der Waals surface area contributed by atoms with Crippen molar-refractivity contribution in [1.29, 1.82) is 0 Å². The first kappa shape index (κ1) is 12.1. The lowest BCUT2D eigenvalue weighted by atomic mass is 10.2. The molecule has 0 amide bonds. The monoisotopic (exact) mass is 251 g/mol. The van der Waals surface area contributed by atoms with E-state index in [0.717, 1.165) is 17.3 Å². The molecule has 1 nitrogen and oxygen atoms in total. The van der Waals surface area contributed by atoms with Gasteiger partial charge in [-0.05, 0) is 29.8 Å². The minimum Gasteiger partial charge on any atom is -0.326 e. The maximum absolute atomic E-state index is 13.7.